The number of thiophene rings is 1. The summed E-state index contributed by atoms with van der Waals surface area (Å²) in [5, 5.41) is 5.01. The van der Waals surface area contributed by atoms with Crippen molar-refractivity contribution in [2.45, 2.75) is 6.04 Å². The Balaban J connectivity index is 1.34. The van der Waals surface area contributed by atoms with E-state index in [2.05, 4.69) is 21.3 Å². The van der Waals surface area contributed by atoms with Crippen molar-refractivity contribution in [1.82, 2.24) is 15.2 Å². The van der Waals surface area contributed by atoms with Crippen molar-refractivity contribution in [1.29, 1.82) is 0 Å². The van der Waals surface area contributed by atoms with Gasteiger partial charge >= 0.3 is 0 Å². The number of hydrogen-bond donors (Lipinski definition) is 1. The van der Waals surface area contributed by atoms with Crippen LogP contribution < -0.4 is 10.1 Å². The maximum absolute atomic E-state index is 14.4. The second kappa shape index (κ2) is 11.0. The Kier molecular flexibility index (Phi) is 7.60. The first-order valence-corrected chi connectivity index (χ1v) is 11.3. The predicted molar refractivity (Wildman–Crippen MR) is 122 cm³/mol. The predicted octanol–water partition coefficient (Wildman–Crippen LogP) is 4.28. The Bertz CT molecular complexity index is 1040. The molecule has 3 aromatic rings. The Labute approximate surface area is 190 Å². The van der Waals surface area contributed by atoms with Gasteiger partial charge in [0.1, 0.15) is 5.75 Å². The topological polar surface area (TPSA) is 63.7 Å². The van der Waals surface area contributed by atoms with Crippen LogP contribution in [-0.4, -0.2) is 48.6 Å². The Morgan fingerprint density at radius 3 is 2.88 bits per heavy atom. The standard InChI is InChI=1S/C24H24FN3O3S/c25-20-15-18(5-7-22(20)31-19-3-1-9-26-16-19)6-8-24(29)27-17-21(23-4-2-14-32-23)28-10-12-30-13-11-28/h1-9,14-16,21H,10-13,17H2,(H,27,29)/b8-6+. The average Bonchev–Trinajstić information content (AvgIpc) is 3.35. The molecule has 0 spiro atoms. The maximum Gasteiger partial charge on any atom is 0.244 e. The highest BCUT2D eigenvalue weighted by Gasteiger charge is 2.23. The Morgan fingerprint density at radius 2 is 2.16 bits per heavy atom. The molecule has 0 aliphatic carbocycles. The molecular formula is C24H24FN3O3S. The van der Waals surface area contributed by atoms with Crippen molar-refractivity contribution < 1.29 is 18.7 Å². The molecule has 6 nitrogen and oxygen atoms in total. The highest BCUT2D eigenvalue weighted by atomic mass is 32.1. The highest BCUT2D eigenvalue weighted by Crippen LogP contribution is 2.26. The molecule has 166 valence electrons. The van der Waals surface area contributed by atoms with E-state index in [1.807, 2.05) is 11.4 Å². The number of halogens is 1. The molecule has 1 atom stereocenters. The molecule has 1 aliphatic heterocycles. The molecule has 1 N–H and O–H groups in total. The third-order valence-electron chi connectivity index (χ3n) is 5.07. The number of pyridine rings is 1. The van der Waals surface area contributed by atoms with Crippen LogP contribution in [0.1, 0.15) is 16.5 Å². The van der Waals surface area contributed by atoms with Gasteiger partial charge in [-0.15, -0.1) is 11.3 Å². The van der Waals surface area contributed by atoms with E-state index in [1.165, 1.54) is 29.3 Å². The molecule has 1 aromatic carbocycles. The third-order valence-corrected chi connectivity index (χ3v) is 6.05. The summed E-state index contributed by atoms with van der Waals surface area (Å²) in [6.07, 6.45) is 6.13. The number of nitrogens with zero attached hydrogens (tertiary/aromatic N) is 2. The van der Waals surface area contributed by atoms with Crippen LogP contribution in [-0.2, 0) is 9.53 Å². The van der Waals surface area contributed by atoms with Gasteiger partial charge in [-0.2, -0.15) is 0 Å². The molecule has 1 amide bonds. The molecule has 32 heavy (non-hydrogen) atoms. The van der Waals surface area contributed by atoms with E-state index in [1.54, 1.807) is 41.8 Å². The van der Waals surface area contributed by atoms with Crippen LogP contribution in [0.5, 0.6) is 11.5 Å². The van der Waals surface area contributed by atoms with Crippen molar-refractivity contribution in [3.63, 3.8) is 0 Å². The van der Waals surface area contributed by atoms with E-state index in [-0.39, 0.29) is 17.7 Å². The zero-order valence-corrected chi connectivity index (χ0v) is 18.3. The summed E-state index contributed by atoms with van der Waals surface area (Å²) in [5.74, 6) is -0.184. The van der Waals surface area contributed by atoms with Crippen LogP contribution in [0.2, 0.25) is 0 Å². The number of carbonyl (C=O) groups is 1. The lowest BCUT2D eigenvalue weighted by Gasteiger charge is -2.34. The van der Waals surface area contributed by atoms with Crippen molar-refractivity contribution in [2.75, 3.05) is 32.8 Å². The first-order valence-electron chi connectivity index (χ1n) is 10.4. The molecule has 1 aliphatic rings. The molecular weight excluding hydrogens is 429 g/mol. The summed E-state index contributed by atoms with van der Waals surface area (Å²) in [6.45, 7) is 3.56. The largest absolute Gasteiger partial charge is 0.453 e. The fraction of sp³-hybridized carbons (Fsp3) is 0.250. The number of aromatic nitrogens is 1. The third kappa shape index (κ3) is 6.00. The van der Waals surface area contributed by atoms with E-state index < -0.39 is 5.82 Å². The van der Waals surface area contributed by atoms with Crippen molar-refractivity contribution in [3.05, 3.63) is 82.6 Å². The van der Waals surface area contributed by atoms with Gasteiger partial charge in [-0.1, -0.05) is 12.1 Å². The summed E-state index contributed by atoms with van der Waals surface area (Å²) >= 11 is 1.68. The Morgan fingerprint density at radius 1 is 1.28 bits per heavy atom. The van der Waals surface area contributed by atoms with Crippen molar-refractivity contribution >= 4 is 23.3 Å². The van der Waals surface area contributed by atoms with Gasteiger partial charge < -0.3 is 14.8 Å². The summed E-state index contributed by atoms with van der Waals surface area (Å²) < 4.78 is 25.3. The molecule has 4 rings (SSSR count). The number of hydrogen-bond acceptors (Lipinski definition) is 6. The zero-order valence-electron chi connectivity index (χ0n) is 17.4. The molecule has 3 heterocycles. The number of rotatable bonds is 8. The molecule has 0 saturated carbocycles. The minimum absolute atomic E-state index is 0.101. The normalized spacial score (nSPS) is 15.5. The summed E-state index contributed by atoms with van der Waals surface area (Å²) in [5.41, 5.74) is 0.569. The maximum atomic E-state index is 14.4. The van der Waals surface area contributed by atoms with Gasteiger partial charge in [-0.3, -0.25) is 14.7 Å². The van der Waals surface area contributed by atoms with Gasteiger partial charge in [0.2, 0.25) is 5.91 Å². The number of ether oxygens (including phenoxy) is 2. The van der Waals surface area contributed by atoms with Crippen LogP contribution in [0.25, 0.3) is 6.08 Å². The fourth-order valence-corrected chi connectivity index (χ4v) is 4.31. The summed E-state index contributed by atoms with van der Waals surface area (Å²) in [6, 6.07) is 12.2. The first-order chi connectivity index (χ1) is 15.7. The minimum atomic E-state index is -0.513. The zero-order chi connectivity index (χ0) is 22.2. The molecule has 0 bridgehead atoms. The van der Waals surface area contributed by atoms with E-state index >= 15 is 0 Å². The SMILES string of the molecule is O=C(/C=C/c1ccc(Oc2cccnc2)c(F)c1)NCC(c1cccs1)N1CCOCC1. The van der Waals surface area contributed by atoms with E-state index in [9.17, 15) is 9.18 Å². The second-order valence-electron chi connectivity index (χ2n) is 7.24. The lowest BCUT2D eigenvalue weighted by atomic mass is 10.1. The van der Waals surface area contributed by atoms with Crippen molar-refractivity contribution in [3.8, 4) is 11.5 Å². The van der Waals surface area contributed by atoms with Gasteiger partial charge in [0.15, 0.2) is 11.6 Å². The van der Waals surface area contributed by atoms with E-state index in [0.29, 0.717) is 31.1 Å². The van der Waals surface area contributed by atoms with Crippen LogP contribution in [0.4, 0.5) is 4.39 Å². The quantitative estimate of drug-likeness (QED) is 0.516. The molecule has 1 unspecified atom stereocenters. The lowest BCUT2D eigenvalue weighted by Crippen LogP contribution is -2.43. The monoisotopic (exact) mass is 453 g/mol. The van der Waals surface area contributed by atoms with Gasteiger partial charge in [0, 0.05) is 36.8 Å². The van der Waals surface area contributed by atoms with Gasteiger partial charge in [0.25, 0.3) is 0 Å². The number of amides is 1. The fourth-order valence-electron chi connectivity index (χ4n) is 3.45. The average molecular weight is 454 g/mol. The van der Waals surface area contributed by atoms with Crippen LogP contribution in [0.3, 0.4) is 0 Å². The molecule has 1 saturated heterocycles. The Hall–Kier alpha value is -3.07. The van der Waals surface area contributed by atoms with Gasteiger partial charge in [-0.05, 0) is 47.4 Å². The van der Waals surface area contributed by atoms with Crippen molar-refractivity contribution in [2.24, 2.45) is 0 Å². The molecule has 2 aromatic heterocycles. The van der Waals surface area contributed by atoms with Crippen LogP contribution >= 0.6 is 11.3 Å². The van der Waals surface area contributed by atoms with Gasteiger partial charge in [0.05, 0.1) is 25.5 Å². The summed E-state index contributed by atoms with van der Waals surface area (Å²) in [7, 11) is 0. The number of benzene rings is 1. The molecule has 0 radical (unpaired) electrons. The summed E-state index contributed by atoms with van der Waals surface area (Å²) in [4.78, 5) is 19.9. The smallest absolute Gasteiger partial charge is 0.244 e. The molecule has 1 fully saturated rings. The number of carbonyl (C=O) groups excluding carboxylic acids is 1. The van der Waals surface area contributed by atoms with E-state index in [0.717, 1.165) is 13.1 Å². The second-order valence-corrected chi connectivity index (χ2v) is 8.22. The first kappa shape index (κ1) is 22.1. The highest BCUT2D eigenvalue weighted by molar-refractivity contribution is 7.10. The lowest BCUT2D eigenvalue weighted by molar-refractivity contribution is -0.116. The minimum Gasteiger partial charge on any atom is -0.453 e. The van der Waals surface area contributed by atoms with E-state index in [4.69, 9.17) is 9.47 Å². The van der Waals surface area contributed by atoms with Crippen LogP contribution in [0.15, 0.2) is 66.3 Å². The van der Waals surface area contributed by atoms with Gasteiger partial charge in [-0.25, -0.2) is 4.39 Å². The number of nitrogens with one attached hydrogen (secondary N) is 1. The number of morpholine rings is 1. The molecule has 8 heteroatoms. The van der Waals surface area contributed by atoms with Crippen LogP contribution in [0, 0.1) is 5.82 Å².